The molecule has 0 spiro atoms. The molecule has 3 rings (SSSR count). The third-order valence-electron chi connectivity index (χ3n) is 4.15. The summed E-state index contributed by atoms with van der Waals surface area (Å²) in [7, 11) is -3.27. The number of carbonyl (C=O) groups is 1. The van der Waals surface area contributed by atoms with Gasteiger partial charge in [-0.3, -0.25) is 4.79 Å². The van der Waals surface area contributed by atoms with Crippen LogP contribution in [0.15, 0.2) is 0 Å². The van der Waals surface area contributed by atoms with Gasteiger partial charge in [0, 0.05) is 32.5 Å². The Balaban J connectivity index is 1.41. The quantitative estimate of drug-likeness (QED) is 0.736. The van der Waals surface area contributed by atoms with Crippen LogP contribution in [-0.4, -0.2) is 63.8 Å². The maximum Gasteiger partial charge on any atom is 0.234 e. The highest BCUT2D eigenvalue weighted by Gasteiger charge is 2.23. The van der Waals surface area contributed by atoms with Crippen molar-refractivity contribution in [3.8, 4) is 0 Å². The van der Waals surface area contributed by atoms with Crippen LogP contribution in [-0.2, 0) is 21.2 Å². The minimum Gasteiger partial charge on any atom is -0.355 e. The zero-order valence-electron chi connectivity index (χ0n) is 14.1. The van der Waals surface area contributed by atoms with Gasteiger partial charge in [-0.05, 0) is 19.8 Å². The number of carbonyl (C=O) groups excluding carboxylic acids is 1. The molecule has 1 aliphatic heterocycles. The summed E-state index contributed by atoms with van der Waals surface area (Å²) in [5.74, 6) is 0.496. The predicted molar refractivity (Wildman–Crippen MR) is 93.9 cm³/mol. The highest BCUT2D eigenvalue weighted by Crippen LogP contribution is 2.15. The maximum absolute atomic E-state index is 12.2. The van der Waals surface area contributed by atoms with Gasteiger partial charge in [-0.15, -0.1) is 10.2 Å². The van der Waals surface area contributed by atoms with Crippen LogP contribution in [0.5, 0.6) is 0 Å². The lowest BCUT2D eigenvalue weighted by molar-refractivity contribution is -0.120. The van der Waals surface area contributed by atoms with Crippen molar-refractivity contribution in [3.63, 3.8) is 0 Å². The Morgan fingerprint density at radius 1 is 1.24 bits per heavy atom. The molecule has 0 radical (unpaired) electrons. The molecule has 1 N–H and O–H groups in total. The van der Waals surface area contributed by atoms with Crippen molar-refractivity contribution in [1.29, 1.82) is 0 Å². The fourth-order valence-corrected chi connectivity index (χ4v) is 5.07. The van der Waals surface area contributed by atoms with Gasteiger partial charge in [0.25, 0.3) is 0 Å². The van der Waals surface area contributed by atoms with Crippen LogP contribution in [0.4, 0.5) is 0 Å². The van der Waals surface area contributed by atoms with Crippen molar-refractivity contribution in [2.45, 2.75) is 39.0 Å². The molecule has 0 aliphatic carbocycles. The van der Waals surface area contributed by atoms with Gasteiger partial charge < -0.3 is 5.32 Å². The van der Waals surface area contributed by atoms with E-state index in [1.54, 1.807) is 4.52 Å². The number of piperidine rings is 1. The van der Waals surface area contributed by atoms with Crippen LogP contribution in [0.25, 0.3) is 4.96 Å². The first-order valence-corrected chi connectivity index (χ1v) is 10.8. The van der Waals surface area contributed by atoms with Crippen molar-refractivity contribution >= 4 is 32.2 Å². The average molecular weight is 387 g/mol. The Morgan fingerprint density at radius 3 is 2.72 bits per heavy atom. The first-order valence-electron chi connectivity index (χ1n) is 8.38. The summed E-state index contributed by atoms with van der Waals surface area (Å²) in [5.41, 5.74) is 0. The number of sulfonamides is 1. The van der Waals surface area contributed by atoms with Crippen LogP contribution < -0.4 is 5.32 Å². The summed E-state index contributed by atoms with van der Waals surface area (Å²) >= 11 is 1.40. The van der Waals surface area contributed by atoms with Crippen molar-refractivity contribution < 1.29 is 13.2 Å². The standard InChI is InChI=1S/C14H22N6O3S2/c1-11-16-17-14-20(11)18-13(24-14)6-5-12(21)15-7-10-25(22,23)19-8-3-2-4-9-19/h2-10H2,1H3,(H,15,21). The zero-order valence-corrected chi connectivity index (χ0v) is 15.8. The molecule has 9 nitrogen and oxygen atoms in total. The molecule has 138 valence electrons. The Morgan fingerprint density at radius 2 is 2.00 bits per heavy atom. The first kappa shape index (κ1) is 18.2. The van der Waals surface area contributed by atoms with Crippen LogP contribution >= 0.6 is 11.3 Å². The summed E-state index contributed by atoms with van der Waals surface area (Å²) in [5, 5.41) is 15.7. The SMILES string of the molecule is Cc1nnc2sc(CCC(=O)NCCS(=O)(=O)N3CCCCC3)nn12. The molecule has 0 bridgehead atoms. The monoisotopic (exact) mass is 386 g/mol. The lowest BCUT2D eigenvalue weighted by atomic mass is 10.2. The molecular weight excluding hydrogens is 364 g/mol. The molecule has 0 atom stereocenters. The molecule has 25 heavy (non-hydrogen) atoms. The van der Waals surface area contributed by atoms with Crippen molar-refractivity contribution in [2.24, 2.45) is 0 Å². The average Bonchev–Trinajstić information content (AvgIpc) is 3.15. The fraction of sp³-hybridized carbons (Fsp3) is 0.714. The van der Waals surface area contributed by atoms with Gasteiger partial charge in [-0.1, -0.05) is 17.8 Å². The molecule has 1 amide bonds. The van der Waals surface area contributed by atoms with E-state index in [-0.39, 0.29) is 24.6 Å². The van der Waals surface area contributed by atoms with E-state index in [0.29, 0.717) is 30.3 Å². The number of rotatable bonds is 7. The molecule has 11 heteroatoms. The molecule has 0 saturated carbocycles. The summed E-state index contributed by atoms with van der Waals surface area (Å²) in [4.78, 5) is 12.6. The van der Waals surface area contributed by atoms with Gasteiger partial charge >= 0.3 is 0 Å². The lowest BCUT2D eigenvalue weighted by Gasteiger charge is -2.25. The highest BCUT2D eigenvalue weighted by atomic mass is 32.2. The van der Waals surface area contributed by atoms with Gasteiger partial charge in [0.15, 0.2) is 5.82 Å². The lowest BCUT2D eigenvalue weighted by Crippen LogP contribution is -2.40. The third-order valence-corrected chi connectivity index (χ3v) is 6.98. The summed E-state index contributed by atoms with van der Waals surface area (Å²) in [6.07, 6.45) is 3.68. The summed E-state index contributed by atoms with van der Waals surface area (Å²) in [6.45, 7) is 3.15. The van der Waals surface area contributed by atoms with Crippen LogP contribution in [0, 0.1) is 6.92 Å². The number of nitrogens with one attached hydrogen (secondary N) is 1. The van der Waals surface area contributed by atoms with Gasteiger partial charge in [0.05, 0.1) is 5.75 Å². The van der Waals surface area contributed by atoms with E-state index < -0.39 is 10.0 Å². The van der Waals surface area contributed by atoms with Crippen molar-refractivity contribution in [1.82, 2.24) is 29.4 Å². The number of amides is 1. The molecule has 0 unspecified atom stereocenters. The van der Waals surface area contributed by atoms with Gasteiger partial charge in [0.2, 0.25) is 20.9 Å². The largest absolute Gasteiger partial charge is 0.355 e. The van der Waals surface area contributed by atoms with E-state index >= 15 is 0 Å². The number of hydrogen-bond donors (Lipinski definition) is 1. The molecular formula is C14H22N6O3S2. The van der Waals surface area contributed by atoms with E-state index in [4.69, 9.17) is 0 Å². The van der Waals surface area contributed by atoms with Gasteiger partial charge in [-0.2, -0.15) is 9.61 Å². The summed E-state index contributed by atoms with van der Waals surface area (Å²) in [6, 6.07) is 0. The molecule has 2 aromatic heterocycles. The zero-order chi connectivity index (χ0) is 17.9. The number of aromatic nitrogens is 4. The molecule has 1 aliphatic rings. The van der Waals surface area contributed by atoms with Gasteiger partial charge in [0.1, 0.15) is 5.01 Å². The van der Waals surface area contributed by atoms with Crippen LogP contribution in [0.1, 0.15) is 36.5 Å². The van der Waals surface area contributed by atoms with Crippen molar-refractivity contribution in [2.75, 3.05) is 25.4 Å². The number of hydrogen-bond acceptors (Lipinski definition) is 7. The van der Waals surface area contributed by atoms with E-state index in [0.717, 1.165) is 24.3 Å². The minimum atomic E-state index is -3.27. The second-order valence-corrected chi connectivity index (χ2v) is 9.19. The van der Waals surface area contributed by atoms with Gasteiger partial charge in [-0.25, -0.2) is 12.7 Å². The Hall–Kier alpha value is -1.59. The number of fused-ring (bicyclic) bond motifs is 1. The van der Waals surface area contributed by atoms with E-state index in [9.17, 15) is 13.2 Å². The highest BCUT2D eigenvalue weighted by molar-refractivity contribution is 7.89. The third kappa shape index (κ3) is 4.53. The predicted octanol–water partition coefficient (Wildman–Crippen LogP) is 0.359. The van der Waals surface area contributed by atoms with E-state index in [2.05, 4.69) is 20.6 Å². The smallest absolute Gasteiger partial charge is 0.234 e. The first-order chi connectivity index (χ1) is 12.0. The normalized spacial score (nSPS) is 16.4. The molecule has 2 aromatic rings. The van der Waals surface area contributed by atoms with Crippen LogP contribution in [0.2, 0.25) is 0 Å². The fourth-order valence-electron chi connectivity index (χ4n) is 2.76. The molecule has 3 heterocycles. The number of aryl methyl sites for hydroxylation is 2. The molecule has 1 fully saturated rings. The van der Waals surface area contributed by atoms with E-state index in [1.165, 1.54) is 15.6 Å². The molecule has 0 aromatic carbocycles. The molecule has 1 saturated heterocycles. The van der Waals surface area contributed by atoms with Crippen LogP contribution in [0.3, 0.4) is 0 Å². The Bertz CT molecular complexity index is 838. The Kier molecular flexibility index (Phi) is 5.64. The number of nitrogens with zero attached hydrogens (tertiary/aromatic N) is 5. The van der Waals surface area contributed by atoms with E-state index in [1.807, 2.05) is 6.92 Å². The van der Waals surface area contributed by atoms with Crippen molar-refractivity contribution in [3.05, 3.63) is 10.8 Å². The summed E-state index contributed by atoms with van der Waals surface area (Å²) < 4.78 is 27.6. The second-order valence-electron chi connectivity index (χ2n) is 6.06. The topological polar surface area (TPSA) is 110 Å². The maximum atomic E-state index is 12.2. The minimum absolute atomic E-state index is 0.0469. The Labute approximate surface area is 150 Å². The second kappa shape index (κ2) is 7.75.